The van der Waals surface area contributed by atoms with Gasteiger partial charge in [-0.05, 0) is 91.9 Å². The molecule has 3 nitrogen and oxygen atoms in total. The van der Waals surface area contributed by atoms with Crippen molar-refractivity contribution in [1.29, 1.82) is 0 Å². The number of allylic oxidation sites excluding steroid dienone is 1. The lowest BCUT2D eigenvalue weighted by molar-refractivity contribution is -0.00618. The first-order chi connectivity index (χ1) is 15.0. The molecular weight excluding hydrogens is 404 g/mol. The first kappa shape index (κ1) is 20.8. The number of hydrogen-bond donors (Lipinski definition) is 0. The van der Waals surface area contributed by atoms with Crippen molar-refractivity contribution in [1.82, 2.24) is 0 Å². The maximum Gasteiger partial charge on any atom is 0.181 e. The Kier molecular flexibility index (Phi) is 5.45. The van der Waals surface area contributed by atoms with Gasteiger partial charge in [-0.2, -0.15) is 0 Å². The maximum absolute atomic E-state index is 12.5. The van der Waals surface area contributed by atoms with Crippen LogP contribution >= 0.6 is 0 Å². The van der Waals surface area contributed by atoms with Crippen LogP contribution in [0.15, 0.2) is 65.6 Å². The van der Waals surface area contributed by atoms with Gasteiger partial charge < -0.3 is 4.74 Å². The number of hydrogen-bond acceptors (Lipinski definition) is 3. The molecule has 4 heteroatoms. The Balaban J connectivity index is 1.33. The standard InChI is InChI=1S/C27H32O3S/c1-30-26-11-10-20(7-5-6-12-31(28,29)24-8-3-2-4-9-24)16-25(26)27-17-21-13-22(18-27)15-23(14-21)19-27/h2-6,8-11,16,21-23H,7,12-15,17-19H2,1H3. The monoisotopic (exact) mass is 436 g/mol. The molecule has 6 rings (SSSR count). The van der Waals surface area contributed by atoms with Gasteiger partial charge in [0, 0.05) is 5.56 Å². The third kappa shape index (κ3) is 4.07. The minimum Gasteiger partial charge on any atom is -0.496 e. The van der Waals surface area contributed by atoms with Crippen molar-refractivity contribution in [2.45, 2.75) is 55.3 Å². The summed E-state index contributed by atoms with van der Waals surface area (Å²) in [4.78, 5) is 0.383. The molecule has 4 aliphatic carbocycles. The van der Waals surface area contributed by atoms with Gasteiger partial charge in [0.15, 0.2) is 9.84 Å². The molecule has 2 aromatic rings. The first-order valence-electron chi connectivity index (χ1n) is 11.6. The van der Waals surface area contributed by atoms with Crippen LogP contribution in [0.2, 0.25) is 0 Å². The van der Waals surface area contributed by atoms with Crippen molar-refractivity contribution >= 4 is 9.84 Å². The zero-order valence-corrected chi connectivity index (χ0v) is 19.1. The van der Waals surface area contributed by atoms with E-state index in [1.54, 1.807) is 37.5 Å². The highest BCUT2D eigenvalue weighted by molar-refractivity contribution is 7.91. The third-order valence-corrected chi connectivity index (χ3v) is 9.43. The maximum atomic E-state index is 12.5. The highest BCUT2D eigenvalue weighted by Crippen LogP contribution is 2.61. The molecule has 4 aliphatic rings. The van der Waals surface area contributed by atoms with E-state index in [2.05, 4.69) is 18.2 Å². The van der Waals surface area contributed by atoms with Crippen LogP contribution in [-0.2, 0) is 21.7 Å². The van der Waals surface area contributed by atoms with Crippen molar-refractivity contribution in [2.24, 2.45) is 17.8 Å². The van der Waals surface area contributed by atoms with Gasteiger partial charge in [-0.1, -0.05) is 42.5 Å². The molecule has 164 valence electrons. The second kappa shape index (κ2) is 8.12. The smallest absolute Gasteiger partial charge is 0.181 e. The third-order valence-electron chi connectivity index (χ3n) is 7.81. The van der Waals surface area contributed by atoms with E-state index in [1.165, 1.54) is 49.7 Å². The van der Waals surface area contributed by atoms with Gasteiger partial charge in [-0.3, -0.25) is 0 Å². The van der Waals surface area contributed by atoms with Crippen LogP contribution in [0.25, 0.3) is 0 Å². The van der Waals surface area contributed by atoms with Gasteiger partial charge >= 0.3 is 0 Å². The molecule has 4 saturated carbocycles. The quantitative estimate of drug-likeness (QED) is 0.520. The lowest BCUT2D eigenvalue weighted by Crippen LogP contribution is -2.48. The molecule has 0 N–H and O–H groups in total. The Hall–Kier alpha value is -2.07. The zero-order chi connectivity index (χ0) is 21.5. The SMILES string of the molecule is COc1ccc(CC=CCS(=O)(=O)c2ccccc2)cc1C12CC3CC(CC(C3)C1)C2. The fraction of sp³-hybridized carbons (Fsp3) is 0.481. The van der Waals surface area contributed by atoms with E-state index in [9.17, 15) is 8.42 Å². The lowest BCUT2D eigenvalue weighted by atomic mass is 9.48. The summed E-state index contributed by atoms with van der Waals surface area (Å²) < 4.78 is 30.8. The molecule has 0 aliphatic heterocycles. The van der Waals surface area contributed by atoms with Crippen molar-refractivity contribution in [3.63, 3.8) is 0 Å². The molecule has 0 saturated heterocycles. The number of sulfone groups is 1. The molecule has 0 radical (unpaired) electrons. The Morgan fingerprint density at radius 3 is 2.19 bits per heavy atom. The summed E-state index contributed by atoms with van der Waals surface area (Å²) in [5.74, 6) is 3.74. The predicted octanol–water partition coefficient (Wildman–Crippen LogP) is 5.74. The second-order valence-electron chi connectivity index (χ2n) is 10.0. The van der Waals surface area contributed by atoms with Crippen molar-refractivity contribution in [3.05, 3.63) is 71.8 Å². The molecule has 4 fully saturated rings. The van der Waals surface area contributed by atoms with Crippen molar-refractivity contribution in [2.75, 3.05) is 12.9 Å². The molecule has 0 amide bonds. The van der Waals surface area contributed by atoms with Gasteiger partial charge in [0.1, 0.15) is 5.75 Å². The largest absolute Gasteiger partial charge is 0.496 e. The lowest BCUT2D eigenvalue weighted by Gasteiger charge is -2.57. The van der Waals surface area contributed by atoms with E-state index in [0.29, 0.717) is 4.90 Å². The highest BCUT2D eigenvalue weighted by atomic mass is 32.2. The highest BCUT2D eigenvalue weighted by Gasteiger charge is 2.52. The summed E-state index contributed by atoms with van der Waals surface area (Å²) in [6.45, 7) is 0. The van der Waals surface area contributed by atoms with Gasteiger partial charge in [-0.25, -0.2) is 8.42 Å². The fourth-order valence-corrected chi connectivity index (χ4v) is 8.03. The van der Waals surface area contributed by atoms with E-state index in [0.717, 1.165) is 29.9 Å². The van der Waals surface area contributed by atoms with E-state index in [4.69, 9.17) is 4.74 Å². The Labute approximate surface area is 186 Å². The summed E-state index contributed by atoms with van der Waals surface area (Å²) in [7, 11) is -1.49. The van der Waals surface area contributed by atoms with Crippen LogP contribution in [0.4, 0.5) is 0 Å². The number of ether oxygens (including phenoxy) is 1. The number of methoxy groups -OCH3 is 1. The molecular formula is C27H32O3S. The van der Waals surface area contributed by atoms with Crippen LogP contribution in [0.3, 0.4) is 0 Å². The predicted molar refractivity (Wildman–Crippen MR) is 124 cm³/mol. The normalized spacial score (nSPS) is 29.5. The van der Waals surface area contributed by atoms with Gasteiger partial charge in [0.05, 0.1) is 17.8 Å². The molecule has 0 unspecified atom stereocenters. The molecule has 0 spiro atoms. The number of rotatable bonds is 7. The van der Waals surface area contributed by atoms with Crippen molar-refractivity contribution in [3.8, 4) is 5.75 Å². The Bertz CT molecular complexity index is 1030. The Morgan fingerprint density at radius 2 is 1.58 bits per heavy atom. The fourth-order valence-electron chi connectivity index (χ4n) is 6.88. The van der Waals surface area contributed by atoms with Crippen LogP contribution in [0, 0.1) is 17.8 Å². The molecule has 2 aromatic carbocycles. The number of benzene rings is 2. The average molecular weight is 437 g/mol. The summed E-state index contributed by atoms with van der Waals surface area (Å²) in [6, 6.07) is 15.3. The molecule has 31 heavy (non-hydrogen) atoms. The van der Waals surface area contributed by atoms with E-state index in [-0.39, 0.29) is 11.2 Å². The Morgan fingerprint density at radius 1 is 0.935 bits per heavy atom. The van der Waals surface area contributed by atoms with Crippen LogP contribution in [-0.4, -0.2) is 21.3 Å². The van der Waals surface area contributed by atoms with Gasteiger partial charge in [0.25, 0.3) is 0 Å². The van der Waals surface area contributed by atoms with E-state index < -0.39 is 9.84 Å². The summed E-state index contributed by atoms with van der Waals surface area (Å²) in [6.07, 6.45) is 12.7. The van der Waals surface area contributed by atoms with E-state index in [1.807, 2.05) is 12.1 Å². The minimum atomic E-state index is -3.27. The van der Waals surface area contributed by atoms with Crippen molar-refractivity contribution < 1.29 is 13.2 Å². The first-order valence-corrected chi connectivity index (χ1v) is 13.2. The van der Waals surface area contributed by atoms with Crippen LogP contribution in [0.1, 0.15) is 49.7 Å². The molecule has 0 heterocycles. The summed E-state index contributed by atoms with van der Waals surface area (Å²) in [5.41, 5.74) is 2.92. The zero-order valence-electron chi connectivity index (χ0n) is 18.3. The average Bonchev–Trinajstić information content (AvgIpc) is 2.76. The molecule has 0 aromatic heterocycles. The topological polar surface area (TPSA) is 43.4 Å². The second-order valence-corrected chi connectivity index (χ2v) is 12.0. The van der Waals surface area contributed by atoms with Gasteiger partial charge in [0.2, 0.25) is 0 Å². The molecule has 0 atom stereocenters. The summed E-state index contributed by atoms with van der Waals surface area (Å²) in [5, 5.41) is 0. The van der Waals surface area contributed by atoms with Crippen LogP contribution in [0.5, 0.6) is 5.75 Å². The molecule has 4 bridgehead atoms. The minimum absolute atomic E-state index is 0.0367. The van der Waals surface area contributed by atoms with Crippen LogP contribution < -0.4 is 4.74 Å². The van der Waals surface area contributed by atoms with Gasteiger partial charge in [-0.15, -0.1) is 0 Å². The summed E-state index contributed by atoms with van der Waals surface area (Å²) >= 11 is 0. The van der Waals surface area contributed by atoms with E-state index >= 15 is 0 Å².